The zero-order valence-corrected chi connectivity index (χ0v) is 20.4. The van der Waals surface area contributed by atoms with E-state index in [1.807, 2.05) is 97.6 Å². The third-order valence-corrected chi connectivity index (χ3v) is 6.75. The summed E-state index contributed by atoms with van der Waals surface area (Å²) in [5.74, 6) is 0.0112. The van der Waals surface area contributed by atoms with Gasteiger partial charge in [-0.05, 0) is 48.6 Å². The van der Waals surface area contributed by atoms with Gasteiger partial charge in [0.2, 0.25) is 15.9 Å². The highest BCUT2D eigenvalue weighted by Crippen LogP contribution is 2.24. The van der Waals surface area contributed by atoms with Crippen molar-refractivity contribution in [3.63, 3.8) is 0 Å². The number of benzene rings is 3. The van der Waals surface area contributed by atoms with Crippen molar-refractivity contribution in [3.05, 3.63) is 101 Å². The van der Waals surface area contributed by atoms with Gasteiger partial charge in [-0.1, -0.05) is 72.8 Å². The van der Waals surface area contributed by atoms with Crippen LogP contribution in [0.2, 0.25) is 0 Å². The van der Waals surface area contributed by atoms with Crippen molar-refractivity contribution in [1.82, 2.24) is 4.90 Å². The number of amides is 1. The minimum Gasteiger partial charge on any atom is -0.334 e. The molecule has 3 rings (SSSR count). The lowest BCUT2D eigenvalue weighted by Gasteiger charge is -2.26. The van der Waals surface area contributed by atoms with E-state index < -0.39 is 10.0 Å². The number of aryl methyl sites for hydroxylation is 2. The van der Waals surface area contributed by atoms with Gasteiger partial charge in [-0.25, -0.2) is 8.42 Å². The third kappa shape index (κ3) is 7.19. The fourth-order valence-electron chi connectivity index (χ4n) is 3.82. The smallest absolute Gasteiger partial charge is 0.232 e. The van der Waals surface area contributed by atoms with Crippen LogP contribution in [0.5, 0.6) is 0 Å². The predicted octanol–water partition coefficient (Wildman–Crippen LogP) is 5.08. The van der Waals surface area contributed by atoms with E-state index in [0.717, 1.165) is 22.3 Å². The number of nitrogens with zero attached hydrogens (tertiary/aromatic N) is 2. The summed E-state index contributed by atoms with van der Waals surface area (Å²) in [5.41, 5.74) is 4.70. The fraction of sp³-hybridized carbons (Fsp3) is 0.296. The van der Waals surface area contributed by atoms with Gasteiger partial charge in [0.25, 0.3) is 0 Å². The summed E-state index contributed by atoms with van der Waals surface area (Å²) in [6.07, 6.45) is 1.93. The zero-order valence-electron chi connectivity index (χ0n) is 19.6. The van der Waals surface area contributed by atoms with Crippen LogP contribution >= 0.6 is 0 Å². The maximum atomic E-state index is 13.2. The second-order valence-corrected chi connectivity index (χ2v) is 10.4. The maximum absolute atomic E-state index is 13.2. The standard InChI is InChI=1S/C27H32N2O3S/c1-22-16-17-23(2)26(19-22)29(33(3,31)32)18-10-15-27(30)28(20-24-11-6-4-7-12-24)21-25-13-8-5-9-14-25/h4-9,11-14,16-17,19H,10,15,18,20-21H2,1-3H3. The molecule has 0 radical (unpaired) electrons. The Bertz CT molecular complexity index is 1120. The van der Waals surface area contributed by atoms with E-state index in [-0.39, 0.29) is 18.9 Å². The molecule has 0 aliphatic carbocycles. The summed E-state index contributed by atoms with van der Waals surface area (Å²) in [6, 6.07) is 25.6. The summed E-state index contributed by atoms with van der Waals surface area (Å²) in [4.78, 5) is 15.0. The van der Waals surface area contributed by atoms with Crippen LogP contribution in [0.4, 0.5) is 5.69 Å². The molecule has 0 saturated carbocycles. The first-order valence-electron chi connectivity index (χ1n) is 11.1. The molecule has 5 nitrogen and oxygen atoms in total. The summed E-state index contributed by atoms with van der Waals surface area (Å²) in [5, 5.41) is 0. The molecule has 0 bridgehead atoms. The molecule has 0 saturated heterocycles. The van der Waals surface area contributed by atoms with Crippen molar-refractivity contribution in [2.45, 2.75) is 39.8 Å². The average molecular weight is 465 g/mol. The van der Waals surface area contributed by atoms with Gasteiger partial charge in [0.05, 0.1) is 11.9 Å². The molecule has 0 heterocycles. The molecule has 3 aromatic carbocycles. The van der Waals surface area contributed by atoms with E-state index in [1.165, 1.54) is 10.6 Å². The van der Waals surface area contributed by atoms with Gasteiger partial charge in [-0.3, -0.25) is 9.10 Å². The Morgan fingerprint density at radius 3 is 1.88 bits per heavy atom. The predicted molar refractivity (Wildman–Crippen MR) is 134 cm³/mol. The minimum absolute atomic E-state index is 0.0112. The summed E-state index contributed by atoms with van der Waals surface area (Å²) in [6.45, 7) is 5.14. The quantitative estimate of drug-likeness (QED) is 0.420. The number of anilines is 1. The monoisotopic (exact) mass is 464 g/mol. The molecule has 0 aliphatic heterocycles. The van der Waals surface area contributed by atoms with Gasteiger partial charge in [-0.15, -0.1) is 0 Å². The number of hydrogen-bond donors (Lipinski definition) is 0. The lowest BCUT2D eigenvalue weighted by Crippen LogP contribution is -2.34. The van der Waals surface area contributed by atoms with Gasteiger partial charge >= 0.3 is 0 Å². The molecule has 174 valence electrons. The second kappa shape index (κ2) is 11.1. The SMILES string of the molecule is Cc1ccc(C)c(N(CCCC(=O)N(Cc2ccccc2)Cc2ccccc2)S(C)(=O)=O)c1. The van der Waals surface area contributed by atoms with Gasteiger partial charge in [-0.2, -0.15) is 0 Å². The summed E-state index contributed by atoms with van der Waals surface area (Å²) < 4.78 is 26.5. The lowest BCUT2D eigenvalue weighted by molar-refractivity contribution is -0.132. The van der Waals surface area contributed by atoms with E-state index in [2.05, 4.69) is 0 Å². The first-order valence-corrected chi connectivity index (χ1v) is 13.0. The number of carbonyl (C=O) groups is 1. The van der Waals surface area contributed by atoms with E-state index >= 15 is 0 Å². The van der Waals surface area contributed by atoms with Crippen LogP contribution in [-0.2, 0) is 27.9 Å². The summed E-state index contributed by atoms with van der Waals surface area (Å²) in [7, 11) is -3.46. The molecule has 6 heteroatoms. The Hall–Kier alpha value is -3.12. The Morgan fingerprint density at radius 2 is 1.36 bits per heavy atom. The van der Waals surface area contributed by atoms with Crippen LogP contribution in [0, 0.1) is 13.8 Å². The number of rotatable bonds is 10. The van der Waals surface area contributed by atoms with Gasteiger partial charge < -0.3 is 4.90 Å². The number of carbonyl (C=O) groups excluding carboxylic acids is 1. The molecule has 0 unspecified atom stereocenters. The van der Waals surface area contributed by atoms with E-state index in [0.29, 0.717) is 25.2 Å². The molecule has 0 N–H and O–H groups in total. The van der Waals surface area contributed by atoms with Gasteiger partial charge in [0, 0.05) is 26.1 Å². The largest absolute Gasteiger partial charge is 0.334 e. The van der Waals surface area contributed by atoms with Gasteiger partial charge in [0.15, 0.2) is 0 Å². The first-order chi connectivity index (χ1) is 15.7. The Labute approximate surface area is 197 Å². The van der Waals surface area contributed by atoms with Crippen LogP contribution in [0.25, 0.3) is 0 Å². The van der Waals surface area contributed by atoms with E-state index in [1.54, 1.807) is 0 Å². The topological polar surface area (TPSA) is 57.7 Å². The van der Waals surface area contributed by atoms with Crippen molar-refractivity contribution in [2.24, 2.45) is 0 Å². The molecular weight excluding hydrogens is 432 g/mol. The molecule has 3 aromatic rings. The molecule has 0 atom stereocenters. The molecule has 0 spiro atoms. The maximum Gasteiger partial charge on any atom is 0.232 e. The van der Waals surface area contributed by atoms with Crippen LogP contribution < -0.4 is 4.31 Å². The third-order valence-electron chi connectivity index (χ3n) is 5.57. The average Bonchev–Trinajstić information content (AvgIpc) is 2.78. The van der Waals surface area contributed by atoms with Crippen molar-refractivity contribution in [1.29, 1.82) is 0 Å². The molecular formula is C27H32N2O3S. The van der Waals surface area contributed by atoms with Crippen LogP contribution in [0.1, 0.15) is 35.1 Å². The van der Waals surface area contributed by atoms with Crippen LogP contribution in [-0.4, -0.2) is 32.0 Å². The van der Waals surface area contributed by atoms with E-state index in [4.69, 9.17) is 0 Å². The lowest BCUT2D eigenvalue weighted by atomic mass is 10.1. The van der Waals surface area contributed by atoms with E-state index in [9.17, 15) is 13.2 Å². The molecule has 0 aromatic heterocycles. The van der Waals surface area contributed by atoms with Crippen molar-refractivity contribution in [2.75, 3.05) is 17.1 Å². The fourth-order valence-corrected chi connectivity index (χ4v) is 4.84. The van der Waals surface area contributed by atoms with Crippen LogP contribution in [0.15, 0.2) is 78.9 Å². The highest BCUT2D eigenvalue weighted by molar-refractivity contribution is 7.92. The van der Waals surface area contributed by atoms with Crippen molar-refractivity contribution >= 4 is 21.6 Å². The van der Waals surface area contributed by atoms with Crippen LogP contribution in [0.3, 0.4) is 0 Å². The molecule has 33 heavy (non-hydrogen) atoms. The molecule has 1 amide bonds. The molecule has 0 fully saturated rings. The normalized spacial score (nSPS) is 11.2. The second-order valence-electron chi connectivity index (χ2n) is 8.45. The van der Waals surface area contributed by atoms with Crippen molar-refractivity contribution in [3.8, 4) is 0 Å². The summed E-state index contributed by atoms with van der Waals surface area (Å²) >= 11 is 0. The minimum atomic E-state index is -3.46. The first kappa shape index (κ1) is 24.5. The zero-order chi connectivity index (χ0) is 23.8. The Kier molecular flexibility index (Phi) is 8.28. The highest BCUT2D eigenvalue weighted by atomic mass is 32.2. The van der Waals surface area contributed by atoms with Gasteiger partial charge in [0.1, 0.15) is 0 Å². The highest BCUT2D eigenvalue weighted by Gasteiger charge is 2.21. The Morgan fingerprint density at radius 1 is 0.818 bits per heavy atom. The van der Waals surface area contributed by atoms with Crippen molar-refractivity contribution < 1.29 is 13.2 Å². The number of sulfonamides is 1. The number of hydrogen-bond acceptors (Lipinski definition) is 3. The molecule has 0 aliphatic rings. The Balaban J connectivity index is 1.72.